The normalized spacial score (nSPS) is 26.3. The number of hydrogen-bond donors (Lipinski definition) is 1. The fraction of sp³-hybridized carbons (Fsp3) is 0.600. The van der Waals surface area contributed by atoms with Crippen LogP contribution >= 0.6 is 11.8 Å². The Bertz CT molecular complexity index is 496. The molecule has 0 aromatic carbocycles. The molecule has 1 N–H and O–H groups in total. The van der Waals surface area contributed by atoms with E-state index in [1.165, 1.54) is 11.8 Å². The van der Waals surface area contributed by atoms with Gasteiger partial charge in [-0.05, 0) is 12.1 Å². The second kappa shape index (κ2) is 7.41. The number of likely N-dealkylation sites (tertiary alicyclic amines) is 1. The maximum absolute atomic E-state index is 12.3. The molecule has 2 aliphatic heterocycles. The zero-order valence-corrected chi connectivity index (χ0v) is 13.2. The largest absolute Gasteiger partial charge is 0.390 e. The molecule has 0 radical (unpaired) electrons. The molecule has 120 valence electrons. The lowest BCUT2D eigenvalue weighted by Crippen LogP contribution is -2.49. The maximum atomic E-state index is 12.3. The number of thioether (sulfide) groups is 1. The number of morpholine rings is 1. The molecule has 2 saturated heterocycles. The van der Waals surface area contributed by atoms with Crippen LogP contribution in [0.3, 0.4) is 0 Å². The molecule has 7 heteroatoms. The smallest absolute Gasteiger partial charge is 0.233 e. The molecule has 2 aliphatic rings. The Morgan fingerprint density at radius 3 is 2.91 bits per heavy atom. The Morgan fingerprint density at radius 1 is 1.36 bits per heavy atom. The van der Waals surface area contributed by atoms with Crippen LogP contribution in [-0.4, -0.2) is 83.1 Å². The van der Waals surface area contributed by atoms with Crippen LogP contribution in [0.2, 0.25) is 0 Å². The summed E-state index contributed by atoms with van der Waals surface area (Å²) in [6, 6.07) is 5.70. The van der Waals surface area contributed by atoms with Gasteiger partial charge in [-0.2, -0.15) is 0 Å². The van der Waals surface area contributed by atoms with E-state index in [1.54, 1.807) is 11.1 Å². The monoisotopic (exact) mass is 323 g/mol. The minimum atomic E-state index is -0.470. The van der Waals surface area contributed by atoms with Crippen molar-refractivity contribution < 1.29 is 14.6 Å². The summed E-state index contributed by atoms with van der Waals surface area (Å²) in [5.74, 6) is 0.421. The number of pyridine rings is 1. The van der Waals surface area contributed by atoms with Gasteiger partial charge in [0.05, 0.1) is 36.1 Å². The lowest BCUT2D eigenvalue weighted by molar-refractivity contribution is -0.127. The zero-order valence-electron chi connectivity index (χ0n) is 12.4. The van der Waals surface area contributed by atoms with Crippen molar-refractivity contribution in [3.05, 3.63) is 24.4 Å². The average molecular weight is 323 g/mol. The van der Waals surface area contributed by atoms with Crippen LogP contribution in [0.5, 0.6) is 0 Å². The molecule has 0 aliphatic carbocycles. The van der Waals surface area contributed by atoms with E-state index >= 15 is 0 Å². The van der Waals surface area contributed by atoms with Gasteiger partial charge in [0.15, 0.2) is 0 Å². The number of nitrogens with zero attached hydrogens (tertiary/aromatic N) is 3. The summed E-state index contributed by atoms with van der Waals surface area (Å²) in [6.45, 7) is 4.07. The van der Waals surface area contributed by atoms with E-state index in [0.717, 1.165) is 18.1 Å². The lowest BCUT2D eigenvalue weighted by atomic mass is 10.2. The average Bonchev–Trinajstić information content (AvgIpc) is 2.96. The third-order valence-electron chi connectivity index (χ3n) is 4.11. The zero-order chi connectivity index (χ0) is 15.4. The van der Waals surface area contributed by atoms with E-state index in [9.17, 15) is 9.90 Å². The van der Waals surface area contributed by atoms with Crippen molar-refractivity contribution in [3.63, 3.8) is 0 Å². The first-order chi connectivity index (χ1) is 10.7. The van der Waals surface area contributed by atoms with Crippen molar-refractivity contribution in [2.24, 2.45) is 0 Å². The molecule has 0 spiro atoms. The van der Waals surface area contributed by atoms with Gasteiger partial charge in [0.2, 0.25) is 5.91 Å². The number of rotatable bonds is 4. The molecule has 0 bridgehead atoms. The lowest BCUT2D eigenvalue weighted by Gasteiger charge is -2.33. The van der Waals surface area contributed by atoms with E-state index in [1.807, 2.05) is 18.2 Å². The number of hydrogen-bond acceptors (Lipinski definition) is 6. The quantitative estimate of drug-likeness (QED) is 0.792. The number of carbonyl (C=O) groups is 1. The van der Waals surface area contributed by atoms with Crippen molar-refractivity contribution in [1.29, 1.82) is 0 Å². The van der Waals surface area contributed by atoms with Crippen molar-refractivity contribution in [2.45, 2.75) is 17.2 Å². The van der Waals surface area contributed by atoms with Gasteiger partial charge in [-0.1, -0.05) is 17.8 Å². The predicted octanol–water partition coefficient (Wildman–Crippen LogP) is 0.0776. The van der Waals surface area contributed by atoms with Gasteiger partial charge in [-0.15, -0.1) is 0 Å². The summed E-state index contributed by atoms with van der Waals surface area (Å²) in [6.07, 6.45) is 1.25. The summed E-state index contributed by atoms with van der Waals surface area (Å²) in [7, 11) is 0. The Kier molecular flexibility index (Phi) is 5.30. The standard InChI is InChI=1S/C15H21N3O3S/c19-13-10-18(9-12(13)17-5-7-21-8-6-17)15(20)11-22-14-3-1-2-4-16-14/h1-4,12-13,19H,5-11H2/t12-,13-/m1/s1. The predicted molar refractivity (Wildman–Crippen MR) is 83.7 cm³/mol. The third kappa shape index (κ3) is 3.78. The first-order valence-electron chi connectivity index (χ1n) is 7.55. The highest BCUT2D eigenvalue weighted by atomic mass is 32.2. The van der Waals surface area contributed by atoms with Crippen molar-refractivity contribution >= 4 is 17.7 Å². The van der Waals surface area contributed by atoms with Gasteiger partial charge < -0.3 is 14.7 Å². The van der Waals surface area contributed by atoms with Gasteiger partial charge in [0.1, 0.15) is 0 Å². The molecule has 2 atom stereocenters. The minimum Gasteiger partial charge on any atom is -0.390 e. The highest BCUT2D eigenvalue weighted by Crippen LogP contribution is 2.20. The molecule has 22 heavy (non-hydrogen) atoms. The van der Waals surface area contributed by atoms with Crippen molar-refractivity contribution in [1.82, 2.24) is 14.8 Å². The van der Waals surface area contributed by atoms with Gasteiger partial charge in [0.25, 0.3) is 0 Å². The Hall–Kier alpha value is -1.15. The minimum absolute atomic E-state index is 0.0349. The van der Waals surface area contributed by atoms with E-state index in [0.29, 0.717) is 32.1 Å². The first kappa shape index (κ1) is 15.7. The molecule has 6 nitrogen and oxygen atoms in total. The van der Waals surface area contributed by atoms with Crippen LogP contribution < -0.4 is 0 Å². The number of β-amino-alcohol motifs (C(OH)–C–C–N with tert-alkyl or cyclic N) is 1. The first-order valence-corrected chi connectivity index (χ1v) is 8.54. The van der Waals surface area contributed by atoms with Crippen molar-refractivity contribution in [2.75, 3.05) is 45.1 Å². The van der Waals surface area contributed by atoms with Crippen LogP contribution in [-0.2, 0) is 9.53 Å². The molecule has 1 aromatic heterocycles. The molecule has 0 unspecified atom stereocenters. The Morgan fingerprint density at radius 2 is 2.18 bits per heavy atom. The number of amides is 1. The topological polar surface area (TPSA) is 65.9 Å². The second-order valence-electron chi connectivity index (χ2n) is 5.54. The number of aromatic nitrogens is 1. The van der Waals surface area contributed by atoms with Gasteiger partial charge in [-0.3, -0.25) is 9.69 Å². The highest BCUT2D eigenvalue weighted by Gasteiger charge is 2.37. The fourth-order valence-electron chi connectivity index (χ4n) is 2.90. The van der Waals surface area contributed by atoms with Crippen molar-refractivity contribution in [3.8, 4) is 0 Å². The fourth-order valence-corrected chi connectivity index (χ4v) is 3.66. The summed E-state index contributed by atoms with van der Waals surface area (Å²) < 4.78 is 5.34. The number of carbonyl (C=O) groups excluding carboxylic acids is 1. The molecule has 0 saturated carbocycles. The van der Waals surface area contributed by atoms with Crippen LogP contribution in [0.15, 0.2) is 29.4 Å². The van der Waals surface area contributed by atoms with E-state index in [2.05, 4.69) is 9.88 Å². The Labute approximate surface area is 134 Å². The summed E-state index contributed by atoms with van der Waals surface area (Å²) in [5.41, 5.74) is 0. The summed E-state index contributed by atoms with van der Waals surface area (Å²) in [5, 5.41) is 11.1. The van der Waals surface area contributed by atoms with Crippen LogP contribution in [0.1, 0.15) is 0 Å². The maximum Gasteiger partial charge on any atom is 0.233 e. The summed E-state index contributed by atoms with van der Waals surface area (Å²) in [4.78, 5) is 20.5. The molecule has 1 aromatic rings. The van der Waals surface area contributed by atoms with E-state index in [4.69, 9.17) is 4.74 Å². The van der Waals surface area contributed by atoms with Crippen LogP contribution in [0.25, 0.3) is 0 Å². The van der Waals surface area contributed by atoms with E-state index in [-0.39, 0.29) is 11.9 Å². The molecule has 2 fully saturated rings. The second-order valence-corrected chi connectivity index (χ2v) is 6.53. The molecule has 3 rings (SSSR count). The van der Waals surface area contributed by atoms with E-state index < -0.39 is 6.10 Å². The molecule has 1 amide bonds. The molecular formula is C15H21N3O3S. The third-order valence-corrected chi connectivity index (χ3v) is 5.04. The van der Waals surface area contributed by atoms with Crippen LogP contribution in [0.4, 0.5) is 0 Å². The SMILES string of the molecule is O=C(CSc1ccccn1)N1C[C@@H](O)[C@H](N2CCOCC2)C1. The molecule has 3 heterocycles. The number of aliphatic hydroxyl groups is 1. The number of ether oxygens (including phenoxy) is 1. The highest BCUT2D eigenvalue weighted by molar-refractivity contribution is 7.99. The van der Waals surface area contributed by atoms with Gasteiger partial charge in [0, 0.05) is 32.4 Å². The van der Waals surface area contributed by atoms with Crippen LogP contribution in [0, 0.1) is 0 Å². The molecular weight excluding hydrogens is 302 g/mol. The Balaban J connectivity index is 1.51. The van der Waals surface area contributed by atoms with Gasteiger partial charge >= 0.3 is 0 Å². The van der Waals surface area contributed by atoms with Gasteiger partial charge in [-0.25, -0.2) is 4.98 Å². The summed E-state index contributed by atoms with van der Waals surface area (Å²) >= 11 is 1.44. The number of aliphatic hydroxyl groups excluding tert-OH is 1.